The van der Waals surface area contributed by atoms with Gasteiger partial charge in [0.05, 0.1) is 12.2 Å². The molecule has 2 aliphatic heterocycles. The second kappa shape index (κ2) is 2.56. The van der Waals surface area contributed by atoms with Crippen LogP contribution >= 0.6 is 0 Å². The topological polar surface area (TPSA) is 42.0 Å². The normalized spacial score (nSPS) is 47.6. The molecule has 0 aromatic rings. The lowest BCUT2D eigenvalue weighted by molar-refractivity contribution is -0.171. The van der Waals surface area contributed by atoms with Crippen LogP contribution in [0.25, 0.3) is 0 Å². The molecule has 3 atom stereocenters. The highest BCUT2D eigenvalue weighted by atomic mass is 16.6. The number of hydrogen-bond donors (Lipinski definition) is 1. The number of epoxide rings is 1. The average Bonchev–Trinajstić information content (AvgIpc) is 2.77. The van der Waals surface area contributed by atoms with E-state index in [1.54, 1.807) is 6.08 Å². The van der Waals surface area contributed by atoms with Gasteiger partial charge in [-0.2, -0.15) is 0 Å². The third kappa shape index (κ3) is 1.41. The smallest absolute Gasteiger partial charge is 0.123 e. The highest BCUT2D eigenvalue weighted by molar-refractivity contribution is 5.12. The summed E-state index contributed by atoms with van der Waals surface area (Å²) in [4.78, 5) is 0. The molecule has 3 nitrogen and oxygen atoms in total. The van der Waals surface area contributed by atoms with E-state index in [1.807, 2.05) is 13.8 Å². The molecule has 13 heavy (non-hydrogen) atoms. The van der Waals surface area contributed by atoms with Crippen LogP contribution in [0.5, 0.6) is 0 Å². The van der Waals surface area contributed by atoms with E-state index in [2.05, 4.69) is 6.58 Å². The molecule has 1 unspecified atom stereocenters. The number of rotatable bonds is 1. The average molecular weight is 184 g/mol. The Balaban J connectivity index is 2.20. The molecule has 3 heteroatoms. The molecule has 2 aliphatic rings. The number of ether oxygens (including phenoxy) is 2. The van der Waals surface area contributed by atoms with E-state index in [9.17, 15) is 5.11 Å². The van der Waals surface area contributed by atoms with E-state index in [4.69, 9.17) is 9.47 Å². The van der Waals surface area contributed by atoms with Crippen molar-refractivity contribution in [1.29, 1.82) is 0 Å². The van der Waals surface area contributed by atoms with Gasteiger partial charge in [-0.1, -0.05) is 6.08 Å². The molecule has 0 radical (unpaired) electrons. The van der Waals surface area contributed by atoms with Crippen LogP contribution in [0.3, 0.4) is 0 Å². The predicted octanol–water partition coefficient (Wildman–Crippen LogP) is 0.870. The minimum absolute atomic E-state index is 0.228. The molecular formula is C10H16O3. The van der Waals surface area contributed by atoms with Crippen molar-refractivity contribution in [3.8, 4) is 0 Å². The first-order valence-electron chi connectivity index (χ1n) is 4.62. The second-order valence-corrected chi connectivity index (χ2v) is 4.55. The van der Waals surface area contributed by atoms with Crippen molar-refractivity contribution >= 4 is 0 Å². The van der Waals surface area contributed by atoms with Crippen LogP contribution in [0.4, 0.5) is 0 Å². The Kier molecular flexibility index (Phi) is 1.81. The Morgan fingerprint density at radius 2 is 2.15 bits per heavy atom. The monoisotopic (exact) mass is 184 g/mol. The van der Waals surface area contributed by atoms with E-state index in [0.717, 1.165) is 6.42 Å². The molecule has 0 saturated carbocycles. The van der Waals surface area contributed by atoms with Crippen LogP contribution < -0.4 is 0 Å². The Hall–Kier alpha value is -0.380. The zero-order valence-electron chi connectivity index (χ0n) is 8.12. The first-order valence-corrected chi connectivity index (χ1v) is 4.62. The summed E-state index contributed by atoms with van der Waals surface area (Å²) in [6.07, 6.45) is 1.55. The van der Waals surface area contributed by atoms with Gasteiger partial charge in [-0.05, 0) is 13.8 Å². The van der Waals surface area contributed by atoms with Crippen LogP contribution in [0.1, 0.15) is 20.3 Å². The molecule has 2 saturated heterocycles. The maximum Gasteiger partial charge on any atom is 0.123 e. The van der Waals surface area contributed by atoms with Gasteiger partial charge in [-0.25, -0.2) is 0 Å². The molecule has 1 spiro atoms. The maximum absolute atomic E-state index is 9.87. The SMILES string of the molecule is C=CC1OC(C)(C)C[C@@]2(CO2)[C@@H]1O. The summed E-state index contributed by atoms with van der Waals surface area (Å²) < 4.78 is 11.0. The molecule has 0 aromatic carbocycles. The quantitative estimate of drug-likeness (QED) is 0.485. The number of aliphatic hydroxyl groups excluding tert-OH is 1. The van der Waals surface area contributed by atoms with Crippen LogP contribution in [0, 0.1) is 0 Å². The highest BCUT2D eigenvalue weighted by Crippen LogP contribution is 2.46. The van der Waals surface area contributed by atoms with Gasteiger partial charge < -0.3 is 14.6 Å². The van der Waals surface area contributed by atoms with Gasteiger partial charge in [-0.15, -0.1) is 6.58 Å². The molecule has 0 aliphatic carbocycles. The second-order valence-electron chi connectivity index (χ2n) is 4.55. The van der Waals surface area contributed by atoms with Gasteiger partial charge in [0.1, 0.15) is 17.8 Å². The molecule has 2 fully saturated rings. The number of hydrogen-bond acceptors (Lipinski definition) is 3. The zero-order chi connectivity index (χ0) is 9.69. The van der Waals surface area contributed by atoms with Crippen LogP contribution in [0.15, 0.2) is 12.7 Å². The fraction of sp³-hybridized carbons (Fsp3) is 0.800. The fourth-order valence-electron chi connectivity index (χ4n) is 2.14. The number of aliphatic hydroxyl groups is 1. The van der Waals surface area contributed by atoms with Crippen molar-refractivity contribution < 1.29 is 14.6 Å². The Bertz CT molecular complexity index is 230. The predicted molar refractivity (Wildman–Crippen MR) is 48.5 cm³/mol. The summed E-state index contributed by atoms with van der Waals surface area (Å²) in [6.45, 7) is 8.32. The summed E-state index contributed by atoms with van der Waals surface area (Å²) in [7, 11) is 0. The zero-order valence-corrected chi connectivity index (χ0v) is 8.12. The molecule has 0 bridgehead atoms. The van der Waals surface area contributed by atoms with Gasteiger partial charge in [0.2, 0.25) is 0 Å². The molecule has 1 N–H and O–H groups in total. The summed E-state index contributed by atoms with van der Waals surface area (Å²) in [5.41, 5.74) is -0.574. The maximum atomic E-state index is 9.87. The molecule has 2 rings (SSSR count). The lowest BCUT2D eigenvalue weighted by Crippen LogP contribution is -2.53. The van der Waals surface area contributed by atoms with E-state index >= 15 is 0 Å². The summed E-state index contributed by atoms with van der Waals surface area (Å²) in [5, 5.41) is 9.87. The van der Waals surface area contributed by atoms with Crippen molar-refractivity contribution in [1.82, 2.24) is 0 Å². The van der Waals surface area contributed by atoms with Crippen LogP contribution in [-0.4, -0.2) is 35.1 Å². The van der Waals surface area contributed by atoms with Crippen molar-refractivity contribution in [2.45, 2.75) is 43.7 Å². The van der Waals surface area contributed by atoms with Crippen molar-refractivity contribution in [2.75, 3.05) is 6.61 Å². The van der Waals surface area contributed by atoms with Gasteiger partial charge in [-0.3, -0.25) is 0 Å². The highest BCUT2D eigenvalue weighted by Gasteiger charge is 2.60. The summed E-state index contributed by atoms with van der Waals surface area (Å²) >= 11 is 0. The largest absolute Gasteiger partial charge is 0.387 e. The summed E-state index contributed by atoms with van der Waals surface area (Å²) in [5.74, 6) is 0. The first-order chi connectivity index (χ1) is 5.99. The Morgan fingerprint density at radius 3 is 2.62 bits per heavy atom. The van der Waals surface area contributed by atoms with Gasteiger partial charge in [0, 0.05) is 6.42 Å². The standard InChI is InChI=1S/C10H16O3/c1-4-7-8(11)10(6-12-10)5-9(2,3)13-7/h4,7-8,11H,1,5-6H2,2-3H3/t7?,8-,10-/m1/s1. The van der Waals surface area contributed by atoms with Gasteiger partial charge in [0.25, 0.3) is 0 Å². The first kappa shape index (κ1) is 9.19. The molecule has 0 amide bonds. The van der Waals surface area contributed by atoms with Gasteiger partial charge in [0.15, 0.2) is 0 Å². The molecular weight excluding hydrogens is 168 g/mol. The van der Waals surface area contributed by atoms with Gasteiger partial charge >= 0.3 is 0 Å². The minimum Gasteiger partial charge on any atom is -0.387 e. The van der Waals surface area contributed by atoms with E-state index in [-0.39, 0.29) is 17.3 Å². The molecule has 0 aromatic heterocycles. The summed E-state index contributed by atoms with van der Waals surface area (Å²) in [6, 6.07) is 0. The fourth-order valence-corrected chi connectivity index (χ4v) is 2.14. The van der Waals surface area contributed by atoms with Crippen molar-refractivity contribution in [3.63, 3.8) is 0 Å². The van der Waals surface area contributed by atoms with Crippen LogP contribution in [0.2, 0.25) is 0 Å². The third-order valence-electron chi connectivity index (χ3n) is 2.78. The minimum atomic E-state index is -0.557. The van der Waals surface area contributed by atoms with E-state index < -0.39 is 6.10 Å². The van der Waals surface area contributed by atoms with E-state index in [0.29, 0.717) is 6.61 Å². The lowest BCUT2D eigenvalue weighted by Gasteiger charge is -2.41. The third-order valence-corrected chi connectivity index (χ3v) is 2.78. The lowest BCUT2D eigenvalue weighted by atomic mass is 9.83. The van der Waals surface area contributed by atoms with Crippen molar-refractivity contribution in [2.24, 2.45) is 0 Å². The molecule has 74 valence electrons. The van der Waals surface area contributed by atoms with E-state index in [1.165, 1.54) is 0 Å². The Labute approximate surface area is 78.3 Å². The Morgan fingerprint density at radius 1 is 1.54 bits per heavy atom. The molecule has 2 heterocycles. The van der Waals surface area contributed by atoms with Crippen LogP contribution in [-0.2, 0) is 9.47 Å². The van der Waals surface area contributed by atoms with Crippen molar-refractivity contribution in [3.05, 3.63) is 12.7 Å².